The lowest BCUT2D eigenvalue weighted by Gasteiger charge is -2.49. The SMILES string of the molecule is CC1(C)CC(NC(=O)C(=O)c2ccccc2)CC(C)(C)N1[O]. The highest BCUT2D eigenvalue weighted by Gasteiger charge is 2.46. The summed E-state index contributed by atoms with van der Waals surface area (Å²) in [5.74, 6) is -1.15. The summed E-state index contributed by atoms with van der Waals surface area (Å²) in [6, 6.07) is 8.30. The van der Waals surface area contributed by atoms with Gasteiger partial charge in [0.2, 0.25) is 5.78 Å². The topological polar surface area (TPSA) is 69.3 Å². The molecule has 1 aromatic carbocycles. The molecule has 5 heteroatoms. The highest BCUT2D eigenvalue weighted by Crippen LogP contribution is 2.36. The Bertz CT molecular complexity index is 549. The summed E-state index contributed by atoms with van der Waals surface area (Å²) in [4.78, 5) is 24.3. The standard InChI is InChI=1S/C17H23N2O3/c1-16(2)10-13(11-17(3,4)19(16)22)18-15(21)14(20)12-8-6-5-7-9-12/h5-9,13H,10-11H2,1-4H3,(H,18,21). The van der Waals surface area contributed by atoms with Gasteiger partial charge in [-0.2, -0.15) is 0 Å². The fourth-order valence-electron chi connectivity index (χ4n) is 3.34. The molecule has 2 rings (SSSR count). The Morgan fingerprint density at radius 1 is 1.05 bits per heavy atom. The van der Waals surface area contributed by atoms with Crippen molar-refractivity contribution in [1.82, 2.24) is 10.4 Å². The molecule has 1 aliphatic heterocycles. The number of nitrogens with zero attached hydrogens (tertiary/aromatic N) is 1. The number of Topliss-reactive ketones (excluding diaryl/α,β-unsaturated/α-hetero) is 1. The van der Waals surface area contributed by atoms with Crippen LogP contribution in [0.5, 0.6) is 0 Å². The number of carbonyl (C=O) groups excluding carboxylic acids is 2. The maximum Gasteiger partial charge on any atom is 0.292 e. The predicted molar refractivity (Wildman–Crippen MR) is 82.6 cm³/mol. The highest BCUT2D eigenvalue weighted by atomic mass is 16.5. The molecule has 0 aliphatic carbocycles. The van der Waals surface area contributed by atoms with Gasteiger partial charge < -0.3 is 5.32 Å². The van der Waals surface area contributed by atoms with E-state index in [2.05, 4.69) is 5.32 Å². The van der Waals surface area contributed by atoms with Crippen molar-refractivity contribution in [3.63, 3.8) is 0 Å². The van der Waals surface area contributed by atoms with Crippen LogP contribution in [0.25, 0.3) is 0 Å². The molecule has 0 atom stereocenters. The van der Waals surface area contributed by atoms with E-state index in [-0.39, 0.29) is 6.04 Å². The number of amides is 1. The van der Waals surface area contributed by atoms with Crippen LogP contribution in [-0.2, 0) is 10.0 Å². The summed E-state index contributed by atoms with van der Waals surface area (Å²) in [5, 5.41) is 16.2. The Hall–Kier alpha value is -1.72. The van der Waals surface area contributed by atoms with Gasteiger partial charge in [0, 0.05) is 22.7 Å². The third-order valence-electron chi connectivity index (χ3n) is 4.17. The highest BCUT2D eigenvalue weighted by molar-refractivity contribution is 6.42. The van der Waals surface area contributed by atoms with Crippen LogP contribution in [0.15, 0.2) is 30.3 Å². The van der Waals surface area contributed by atoms with Gasteiger partial charge in [0.25, 0.3) is 5.91 Å². The van der Waals surface area contributed by atoms with Crippen LogP contribution in [0.4, 0.5) is 0 Å². The predicted octanol–water partition coefficient (Wildman–Crippen LogP) is 2.35. The third kappa shape index (κ3) is 3.36. The fraction of sp³-hybridized carbons (Fsp3) is 0.529. The number of piperidine rings is 1. The Morgan fingerprint density at radius 2 is 1.55 bits per heavy atom. The van der Waals surface area contributed by atoms with Gasteiger partial charge in [0.05, 0.1) is 0 Å². The van der Waals surface area contributed by atoms with Crippen molar-refractivity contribution in [3.05, 3.63) is 35.9 Å². The van der Waals surface area contributed by atoms with Gasteiger partial charge in [0.15, 0.2) is 0 Å². The van der Waals surface area contributed by atoms with Crippen molar-refractivity contribution >= 4 is 11.7 Å². The number of hydrogen-bond donors (Lipinski definition) is 1. The van der Waals surface area contributed by atoms with E-state index in [9.17, 15) is 14.8 Å². The minimum atomic E-state index is -0.609. The summed E-state index contributed by atoms with van der Waals surface area (Å²) in [7, 11) is 0. The van der Waals surface area contributed by atoms with E-state index in [0.29, 0.717) is 18.4 Å². The molecule has 1 amide bonds. The monoisotopic (exact) mass is 303 g/mol. The Labute approximate surface area is 131 Å². The molecular formula is C17H23N2O3. The maximum absolute atomic E-state index is 12.3. The van der Waals surface area contributed by atoms with Gasteiger partial charge >= 0.3 is 0 Å². The Balaban J connectivity index is 2.08. The second kappa shape index (κ2) is 5.82. The zero-order valence-corrected chi connectivity index (χ0v) is 13.6. The molecule has 1 heterocycles. The molecule has 22 heavy (non-hydrogen) atoms. The van der Waals surface area contributed by atoms with E-state index in [1.807, 2.05) is 27.7 Å². The zero-order valence-electron chi connectivity index (χ0n) is 13.6. The summed E-state index contributed by atoms with van der Waals surface area (Å²) in [6.45, 7) is 7.44. The Kier molecular flexibility index (Phi) is 4.40. The van der Waals surface area contributed by atoms with Gasteiger partial charge in [0.1, 0.15) is 0 Å². The van der Waals surface area contributed by atoms with Crippen molar-refractivity contribution in [2.24, 2.45) is 0 Å². The number of ketones is 1. The van der Waals surface area contributed by atoms with Crippen LogP contribution in [0.1, 0.15) is 50.9 Å². The number of nitrogens with one attached hydrogen (secondary N) is 1. The second-order valence-electron chi connectivity index (χ2n) is 7.19. The first-order valence-corrected chi connectivity index (χ1v) is 7.51. The van der Waals surface area contributed by atoms with Crippen LogP contribution in [0, 0.1) is 0 Å². The number of hydrogen-bond acceptors (Lipinski definition) is 3. The lowest BCUT2D eigenvalue weighted by Crippen LogP contribution is -2.62. The molecule has 1 saturated heterocycles. The molecule has 5 nitrogen and oxygen atoms in total. The van der Waals surface area contributed by atoms with Crippen molar-refractivity contribution in [2.45, 2.75) is 57.7 Å². The van der Waals surface area contributed by atoms with Crippen LogP contribution in [0.3, 0.4) is 0 Å². The van der Waals surface area contributed by atoms with Crippen LogP contribution >= 0.6 is 0 Å². The first-order valence-electron chi connectivity index (χ1n) is 7.51. The minimum Gasteiger partial charge on any atom is -0.346 e. The molecular weight excluding hydrogens is 280 g/mol. The van der Waals surface area contributed by atoms with Crippen molar-refractivity contribution < 1.29 is 14.8 Å². The molecule has 0 bridgehead atoms. The van der Waals surface area contributed by atoms with E-state index >= 15 is 0 Å². The van der Waals surface area contributed by atoms with Gasteiger partial charge in [-0.25, -0.2) is 0 Å². The van der Waals surface area contributed by atoms with Gasteiger partial charge in [-0.15, -0.1) is 10.3 Å². The quantitative estimate of drug-likeness (QED) is 0.688. The number of rotatable bonds is 3. The number of carbonyl (C=O) groups is 2. The molecule has 1 aliphatic rings. The normalized spacial score (nSPS) is 21.3. The van der Waals surface area contributed by atoms with Crippen LogP contribution < -0.4 is 5.32 Å². The fourth-order valence-corrected chi connectivity index (χ4v) is 3.34. The summed E-state index contributed by atoms with van der Waals surface area (Å²) in [6.07, 6.45) is 1.04. The Morgan fingerprint density at radius 3 is 2.05 bits per heavy atom. The second-order valence-corrected chi connectivity index (χ2v) is 7.19. The first-order chi connectivity index (χ1) is 10.1. The van der Waals surface area contributed by atoms with Crippen molar-refractivity contribution in [3.8, 4) is 0 Å². The van der Waals surface area contributed by atoms with Crippen LogP contribution in [-0.4, -0.2) is 33.9 Å². The zero-order chi connectivity index (χ0) is 16.5. The summed E-state index contributed by atoms with van der Waals surface area (Å²) >= 11 is 0. The minimum absolute atomic E-state index is 0.185. The van der Waals surface area contributed by atoms with Crippen molar-refractivity contribution in [2.75, 3.05) is 0 Å². The third-order valence-corrected chi connectivity index (χ3v) is 4.17. The van der Waals surface area contributed by atoms with Gasteiger partial charge in [-0.3, -0.25) is 9.59 Å². The molecule has 1 radical (unpaired) electrons. The number of benzene rings is 1. The molecule has 0 spiro atoms. The summed E-state index contributed by atoms with van der Waals surface area (Å²) in [5.41, 5.74) is -0.773. The smallest absolute Gasteiger partial charge is 0.292 e. The molecule has 0 saturated carbocycles. The largest absolute Gasteiger partial charge is 0.346 e. The molecule has 0 aromatic heterocycles. The van der Waals surface area contributed by atoms with E-state index in [1.54, 1.807) is 30.3 Å². The molecule has 1 aromatic rings. The molecule has 0 unspecified atom stereocenters. The number of hydroxylamine groups is 2. The molecule has 1 N–H and O–H groups in total. The summed E-state index contributed by atoms with van der Waals surface area (Å²) < 4.78 is 0. The van der Waals surface area contributed by atoms with E-state index in [4.69, 9.17) is 0 Å². The van der Waals surface area contributed by atoms with Crippen LogP contribution in [0.2, 0.25) is 0 Å². The average molecular weight is 303 g/mol. The molecule has 119 valence electrons. The maximum atomic E-state index is 12.3. The van der Waals surface area contributed by atoms with E-state index < -0.39 is 22.8 Å². The van der Waals surface area contributed by atoms with Crippen molar-refractivity contribution in [1.29, 1.82) is 0 Å². The lowest BCUT2D eigenvalue weighted by molar-refractivity contribution is -0.289. The molecule has 1 fully saturated rings. The van der Waals surface area contributed by atoms with Gasteiger partial charge in [-0.1, -0.05) is 30.3 Å². The average Bonchev–Trinajstić information content (AvgIpc) is 2.44. The van der Waals surface area contributed by atoms with E-state index in [0.717, 1.165) is 5.06 Å². The van der Waals surface area contributed by atoms with Gasteiger partial charge in [-0.05, 0) is 40.5 Å². The first kappa shape index (κ1) is 16.6. The lowest BCUT2D eigenvalue weighted by atomic mass is 9.79. The van der Waals surface area contributed by atoms with E-state index in [1.165, 1.54) is 0 Å².